The minimum atomic E-state index is 0.124. The minimum Gasteiger partial charge on any atom is -0.373 e. The van der Waals surface area contributed by atoms with Crippen LogP contribution in [0.15, 0.2) is 12.4 Å². The molecule has 0 unspecified atom stereocenters. The van der Waals surface area contributed by atoms with Crippen LogP contribution < -0.4 is 5.32 Å². The molecule has 0 aromatic carbocycles. The van der Waals surface area contributed by atoms with Crippen LogP contribution in [0.2, 0.25) is 0 Å². The predicted octanol–water partition coefficient (Wildman–Crippen LogP) is 1.39. The lowest BCUT2D eigenvalue weighted by molar-refractivity contribution is -0.0952. The van der Waals surface area contributed by atoms with Crippen LogP contribution in [0.1, 0.15) is 33.5 Å². The summed E-state index contributed by atoms with van der Waals surface area (Å²) in [5.41, 5.74) is 0.124. The molecule has 19 heavy (non-hydrogen) atoms. The molecule has 0 saturated carbocycles. The van der Waals surface area contributed by atoms with Crippen LogP contribution in [0.5, 0.6) is 0 Å². The molecule has 5 heteroatoms. The molecule has 1 aromatic heterocycles. The normalized spacial score (nSPS) is 25.7. The van der Waals surface area contributed by atoms with Crippen molar-refractivity contribution in [3.8, 4) is 0 Å². The number of nitrogens with one attached hydrogen (secondary N) is 2. The van der Waals surface area contributed by atoms with Crippen molar-refractivity contribution in [2.45, 2.75) is 52.0 Å². The fourth-order valence-corrected chi connectivity index (χ4v) is 2.67. The number of ether oxygens (including phenoxy) is 1. The highest BCUT2D eigenvalue weighted by atomic mass is 16.5. The number of imidazole rings is 1. The first-order valence-electron chi connectivity index (χ1n) is 7.07. The summed E-state index contributed by atoms with van der Waals surface area (Å²) in [6.45, 7) is 12.6. The Bertz CT molecular complexity index is 367. The molecule has 0 aliphatic carbocycles. The van der Waals surface area contributed by atoms with Crippen molar-refractivity contribution in [1.29, 1.82) is 0 Å². The maximum absolute atomic E-state index is 5.80. The molecule has 5 nitrogen and oxygen atoms in total. The molecular formula is C14H26N4O. The third-order valence-corrected chi connectivity index (χ3v) is 3.68. The summed E-state index contributed by atoms with van der Waals surface area (Å²) in [6.07, 6.45) is 4.27. The fraction of sp³-hybridized carbons (Fsp3) is 0.786. The smallest absolute Gasteiger partial charge is 0.120 e. The van der Waals surface area contributed by atoms with E-state index in [1.165, 1.54) is 0 Å². The molecule has 0 bridgehead atoms. The second kappa shape index (κ2) is 6.03. The van der Waals surface area contributed by atoms with Gasteiger partial charge < -0.3 is 15.0 Å². The molecular weight excluding hydrogens is 240 g/mol. The third-order valence-electron chi connectivity index (χ3n) is 3.68. The summed E-state index contributed by atoms with van der Waals surface area (Å²) in [6, 6.07) is 0. The fourth-order valence-electron chi connectivity index (χ4n) is 2.67. The summed E-state index contributed by atoms with van der Waals surface area (Å²) in [5.74, 6) is 0.986. The number of nitrogens with zero attached hydrogens (tertiary/aromatic N) is 2. The monoisotopic (exact) mass is 266 g/mol. The van der Waals surface area contributed by atoms with Gasteiger partial charge in [0, 0.05) is 37.6 Å². The molecule has 1 saturated heterocycles. The van der Waals surface area contributed by atoms with Gasteiger partial charge in [0.15, 0.2) is 0 Å². The maximum Gasteiger partial charge on any atom is 0.120 e. The summed E-state index contributed by atoms with van der Waals surface area (Å²) >= 11 is 0. The van der Waals surface area contributed by atoms with Gasteiger partial charge in [0.1, 0.15) is 5.82 Å². The number of aromatic nitrogens is 2. The van der Waals surface area contributed by atoms with Crippen molar-refractivity contribution >= 4 is 0 Å². The molecule has 1 aliphatic rings. The molecule has 2 atom stereocenters. The van der Waals surface area contributed by atoms with E-state index in [0.29, 0.717) is 12.2 Å². The van der Waals surface area contributed by atoms with Gasteiger partial charge >= 0.3 is 0 Å². The Morgan fingerprint density at radius 2 is 2.11 bits per heavy atom. The van der Waals surface area contributed by atoms with Gasteiger partial charge in [-0.1, -0.05) is 0 Å². The standard InChI is InChI=1S/C14H26N4O/c1-11-8-18(9-12(2)19-11)14(3,4)10-15-7-13-16-5-6-17-13/h5-6,11-12,15H,7-10H2,1-4H3,(H,16,17)/t11-,12-/m1/s1. The molecule has 1 aliphatic heterocycles. The zero-order chi connectivity index (χ0) is 13.9. The first-order chi connectivity index (χ1) is 8.97. The van der Waals surface area contributed by atoms with Crippen LogP contribution in [-0.2, 0) is 11.3 Å². The second-order valence-electron chi connectivity index (χ2n) is 6.11. The molecule has 2 rings (SSSR count). The quantitative estimate of drug-likeness (QED) is 0.845. The van der Waals surface area contributed by atoms with E-state index < -0.39 is 0 Å². The van der Waals surface area contributed by atoms with E-state index in [1.807, 2.05) is 6.20 Å². The summed E-state index contributed by atoms with van der Waals surface area (Å²) < 4.78 is 5.80. The number of hydrogen-bond donors (Lipinski definition) is 2. The average Bonchev–Trinajstić information content (AvgIpc) is 2.80. The lowest BCUT2D eigenvalue weighted by Gasteiger charge is -2.45. The topological polar surface area (TPSA) is 53.2 Å². The Kier molecular flexibility index (Phi) is 4.60. The van der Waals surface area contributed by atoms with Gasteiger partial charge in [-0.2, -0.15) is 0 Å². The Labute approximate surface area is 115 Å². The van der Waals surface area contributed by atoms with E-state index in [-0.39, 0.29) is 5.54 Å². The van der Waals surface area contributed by atoms with Crippen LogP contribution in [0.25, 0.3) is 0 Å². The van der Waals surface area contributed by atoms with Gasteiger partial charge in [0.05, 0.1) is 18.8 Å². The molecule has 0 radical (unpaired) electrons. The zero-order valence-electron chi connectivity index (χ0n) is 12.4. The van der Waals surface area contributed by atoms with Crippen molar-refractivity contribution in [2.75, 3.05) is 19.6 Å². The first-order valence-corrected chi connectivity index (χ1v) is 7.07. The Hall–Kier alpha value is -0.910. The van der Waals surface area contributed by atoms with Crippen molar-refractivity contribution in [3.63, 3.8) is 0 Å². The van der Waals surface area contributed by atoms with Crippen LogP contribution in [0.3, 0.4) is 0 Å². The highest BCUT2D eigenvalue weighted by molar-refractivity contribution is 4.91. The third kappa shape index (κ3) is 4.03. The van der Waals surface area contributed by atoms with Crippen molar-refractivity contribution < 1.29 is 4.74 Å². The number of aromatic amines is 1. The Morgan fingerprint density at radius 3 is 2.68 bits per heavy atom. The van der Waals surface area contributed by atoms with Gasteiger partial charge in [-0.05, 0) is 27.7 Å². The highest BCUT2D eigenvalue weighted by Crippen LogP contribution is 2.20. The second-order valence-corrected chi connectivity index (χ2v) is 6.11. The molecule has 1 aromatic rings. The number of H-pyrrole nitrogens is 1. The molecule has 0 spiro atoms. The van der Waals surface area contributed by atoms with Gasteiger partial charge in [-0.15, -0.1) is 0 Å². The molecule has 1 fully saturated rings. The van der Waals surface area contributed by atoms with Gasteiger partial charge in [-0.3, -0.25) is 4.90 Å². The Balaban J connectivity index is 1.83. The molecule has 0 amide bonds. The molecule has 2 heterocycles. The van der Waals surface area contributed by atoms with Crippen LogP contribution in [0.4, 0.5) is 0 Å². The minimum absolute atomic E-state index is 0.124. The summed E-state index contributed by atoms with van der Waals surface area (Å²) in [5, 5.41) is 3.48. The first kappa shape index (κ1) is 14.5. The van der Waals surface area contributed by atoms with Crippen LogP contribution in [0, 0.1) is 0 Å². The Morgan fingerprint density at radius 1 is 1.42 bits per heavy atom. The average molecular weight is 266 g/mol. The lowest BCUT2D eigenvalue weighted by atomic mass is 10.00. The van der Waals surface area contributed by atoms with Crippen molar-refractivity contribution in [1.82, 2.24) is 20.2 Å². The SMILES string of the molecule is C[C@@H]1CN(C(C)(C)CNCc2ncc[nH]2)C[C@@H](C)O1. The number of rotatable bonds is 5. The van der Waals surface area contributed by atoms with E-state index in [4.69, 9.17) is 4.74 Å². The predicted molar refractivity (Wildman–Crippen MR) is 76.0 cm³/mol. The van der Waals surface area contributed by atoms with Gasteiger partial charge in [0.25, 0.3) is 0 Å². The van der Waals surface area contributed by atoms with Gasteiger partial charge in [0.2, 0.25) is 0 Å². The zero-order valence-corrected chi connectivity index (χ0v) is 12.4. The van der Waals surface area contributed by atoms with Gasteiger partial charge in [-0.25, -0.2) is 4.98 Å². The van der Waals surface area contributed by atoms with E-state index in [0.717, 1.165) is 32.0 Å². The highest BCUT2D eigenvalue weighted by Gasteiger charge is 2.32. The molecule has 108 valence electrons. The maximum atomic E-state index is 5.80. The summed E-state index contributed by atoms with van der Waals surface area (Å²) in [7, 11) is 0. The van der Waals surface area contributed by atoms with E-state index in [1.54, 1.807) is 6.20 Å². The van der Waals surface area contributed by atoms with Crippen LogP contribution in [-0.4, -0.2) is 52.2 Å². The number of hydrogen-bond acceptors (Lipinski definition) is 4. The molecule has 2 N–H and O–H groups in total. The van der Waals surface area contributed by atoms with Crippen molar-refractivity contribution in [2.24, 2.45) is 0 Å². The van der Waals surface area contributed by atoms with E-state index in [9.17, 15) is 0 Å². The van der Waals surface area contributed by atoms with E-state index >= 15 is 0 Å². The van der Waals surface area contributed by atoms with Crippen LogP contribution >= 0.6 is 0 Å². The van der Waals surface area contributed by atoms with Crippen molar-refractivity contribution in [3.05, 3.63) is 18.2 Å². The van der Waals surface area contributed by atoms with E-state index in [2.05, 4.69) is 47.9 Å². The lowest BCUT2D eigenvalue weighted by Crippen LogP contribution is -2.58. The largest absolute Gasteiger partial charge is 0.373 e. The summed E-state index contributed by atoms with van der Waals surface area (Å²) in [4.78, 5) is 9.85. The number of morpholine rings is 1.